The molecule has 0 spiro atoms. The predicted octanol–water partition coefficient (Wildman–Crippen LogP) is 19.7. The summed E-state index contributed by atoms with van der Waals surface area (Å²) in [6, 6.07) is 87.2. The van der Waals surface area contributed by atoms with E-state index in [2.05, 4.69) is 304 Å². The van der Waals surface area contributed by atoms with E-state index in [4.69, 9.17) is 0 Å². The summed E-state index contributed by atoms with van der Waals surface area (Å²) >= 11 is 0. The molecule has 4 nitrogen and oxygen atoms in total. The molecule has 0 aliphatic heterocycles. The molecule has 0 amide bonds. The van der Waals surface area contributed by atoms with Crippen LogP contribution < -0.4 is 19.6 Å². The average Bonchev–Trinajstić information content (AvgIpc) is 3.44. The van der Waals surface area contributed by atoms with Gasteiger partial charge in [-0.2, -0.15) is 0 Å². The topological polar surface area (TPSA) is 13.0 Å². The van der Waals surface area contributed by atoms with E-state index in [-0.39, 0.29) is 0 Å². The van der Waals surface area contributed by atoms with Crippen LogP contribution in [0.1, 0.15) is 33.4 Å². The van der Waals surface area contributed by atoms with E-state index in [1.807, 2.05) is 0 Å². The molecule has 0 bridgehead atoms. The summed E-state index contributed by atoms with van der Waals surface area (Å²) < 4.78 is 0. The summed E-state index contributed by atoms with van der Waals surface area (Å²) in [5, 5.41) is 4.78. The molecule has 350 valence electrons. The Morgan fingerprint density at radius 3 is 0.500 bits per heavy atom. The molecular formula is C68H58N4. The SMILES string of the molecule is Cc1c(N(c2ccccc2)c2ccccc2)c(C)c2c(N(c3ccccc3)c3ccccc3)c3c(C)c(C)c(N(c4ccccc4)c4ccccc4)c(C)c3c(N(c3ccccc3)c3ccccc3)c2c1C. The Balaban J connectivity index is 1.43. The first kappa shape index (κ1) is 45.6. The average molecular weight is 931 g/mol. The molecule has 0 aliphatic carbocycles. The molecule has 0 saturated carbocycles. The van der Waals surface area contributed by atoms with Gasteiger partial charge in [0, 0.05) is 67.0 Å². The Labute approximate surface area is 424 Å². The van der Waals surface area contributed by atoms with E-state index in [1.165, 1.54) is 54.9 Å². The lowest BCUT2D eigenvalue weighted by Crippen LogP contribution is -2.20. The van der Waals surface area contributed by atoms with E-state index in [9.17, 15) is 0 Å². The van der Waals surface area contributed by atoms with Crippen LogP contribution >= 0.6 is 0 Å². The maximum atomic E-state index is 2.53. The number of aryl methyl sites for hydroxylation is 4. The van der Waals surface area contributed by atoms with E-state index in [0.29, 0.717) is 0 Å². The first-order valence-electron chi connectivity index (χ1n) is 25.0. The number of fused-ring (bicyclic) bond motifs is 2. The number of para-hydroxylation sites is 8. The summed E-state index contributed by atoms with van der Waals surface area (Å²) in [6.07, 6.45) is 0. The van der Waals surface area contributed by atoms with Crippen LogP contribution in [-0.2, 0) is 0 Å². The molecule has 0 atom stereocenters. The third-order valence-corrected chi connectivity index (χ3v) is 14.5. The van der Waals surface area contributed by atoms with Gasteiger partial charge in [0.25, 0.3) is 0 Å². The maximum absolute atomic E-state index is 2.53. The molecular weight excluding hydrogens is 873 g/mol. The van der Waals surface area contributed by atoms with Crippen molar-refractivity contribution in [3.8, 4) is 0 Å². The standard InChI is InChI=1S/C68H58N4/c1-47-49(3)65(69(53-31-15-7-16-32-53)54-33-17-8-18-34-54)51(5)63-61(47)67(71(57-39-23-11-24-40-57)58-41-25-12-26-42-58)64-52(6)66(70(55-35-19-9-20-36-55)56-37-21-10-22-38-56)50(4)48(2)62(64)68(63)72(59-43-27-13-28-44-59)60-45-29-14-30-46-60/h7-46H,1-6H3. The van der Waals surface area contributed by atoms with Crippen molar-refractivity contribution < 1.29 is 0 Å². The largest absolute Gasteiger partial charge is 0.310 e. The lowest BCUT2D eigenvalue weighted by molar-refractivity contribution is 1.19. The minimum atomic E-state index is 1.08. The fourth-order valence-electron chi connectivity index (χ4n) is 11.1. The van der Waals surface area contributed by atoms with Gasteiger partial charge in [-0.25, -0.2) is 0 Å². The molecule has 0 heterocycles. The summed E-state index contributed by atoms with van der Waals surface area (Å²) in [4.78, 5) is 10.00. The Morgan fingerprint density at radius 2 is 0.319 bits per heavy atom. The zero-order chi connectivity index (χ0) is 49.3. The molecule has 11 aromatic carbocycles. The van der Waals surface area contributed by atoms with Gasteiger partial charge in [0.1, 0.15) is 0 Å². The number of rotatable bonds is 12. The second-order valence-corrected chi connectivity index (χ2v) is 18.7. The monoisotopic (exact) mass is 930 g/mol. The van der Waals surface area contributed by atoms with E-state index < -0.39 is 0 Å². The second-order valence-electron chi connectivity index (χ2n) is 18.7. The van der Waals surface area contributed by atoms with Crippen molar-refractivity contribution in [2.24, 2.45) is 0 Å². The first-order valence-corrected chi connectivity index (χ1v) is 25.0. The van der Waals surface area contributed by atoms with Gasteiger partial charge in [0.15, 0.2) is 0 Å². The van der Waals surface area contributed by atoms with Gasteiger partial charge in [-0.15, -0.1) is 0 Å². The molecule has 0 fully saturated rings. The third kappa shape index (κ3) is 7.92. The number of nitrogens with zero attached hydrogens (tertiary/aromatic N) is 4. The van der Waals surface area contributed by atoms with Crippen LogP contribution in [-0.4, -0.2) is 0 Å². The van der Waals surface area contributed by atoms with Crippen LogP contribution in [0, 0.1) is 41.5 Å². The van der Waals surface area contributed by atoms with Gasteiger partial charge in [0.2, 0.25) is 0 Å². The van der Waals surface area contributed by atoms with Gasteiger partial charge in [-0.3, -0.25) is 0 Å². The Bertz CT molecular complexity index is 3260. The highest BCUT2D eigenvalue weighted by Crippen LogP contribution is 2.59. The van der Waals surface area contributed by atoms with Crippen LogP contribution in [0.5, 0.6) is 0 Å². The predicted molar refractivity (Wildman–Crippen MR) is 309 cm³/mol. The van der Waals surface area contributed by atoms with E-state index >= 15 is 0 Å². The highest BCUT2D eigenvalue weighted by Gasteiger charge is 2.34. The van der Waals surface area contributed by atoms with E-state index in [0.717, 1.165) is 68.2 Å². The minimum Gasteiger partial charge on any atom is -0.310 e. The van der Waals surface area contributed by atoms with Crippen LogP contribution in [0.15, 0.2) is 243 Å². The molecule has 11 rings (SSSR count). The third-order valence-electron chi connectivity index (χ3n) is 14.5. The van der Waals surface area contributed by atoms with Crippen molar-refractivity contribution in [1.29, 1.82) is 0 Å². The Kier molecular flexibility index (Phi) is 12.3. The molecule has 72 heavy (non-hydrogen) atoms. The quantitative estimate of drug-likeness (QED) is 0.0894. The molecule has 4 heteroatoms. The maximum Gasteiger partial charge on any atom is 0.0626 e. The lowest BCUT2D eigenvalue weighted by atomic mass is 9.82. The van der Waals surface area contributed by atoms with Crippen LogP contribution in [0.25, 0.3) is 21.5 Å². The van der Waals surface area contributed by atoms with E-state index in [1.54, 1.807) is 0 Å². The van der Waals surface area contributed by atoms with Crippen LogP contribution in [0.2, 0.25) is 0 Å². The van der Waals surface area contributed by atoms with Crippen LogP contribution in [0.3, 0.4) is 0 Å². The fraction of sp³-hybridized carbons (Fsp3) is 0.0882. The molecule has 0 aliphatic rings. The van der Waals surface area contributed by atoms with Gasteiger partial charge in [-0.05, 0) is 172 Å². The second kappa shape index (κ2) is 19.5. The molecule has 0 aromatic heterocycles. The zero-order valence-electron chi connectivity index (χ0n) is 41.9. The molecule has 0 unspecified atom stereocenters. The molecule has 0 radical (unpaired) electrons. The van der Waals surface area contributed by atoms with Gasteiger partial charge in [-0.1, -0.05) is 146 Å². The smallest absolute Gasteiger partial charge is 0.0626 e. The number of anilines is 12. The molecule has 0 N–H and O–H groups in total. The van der Waals surface area contributed by atoms with Crippen molar-refractivity contribution in [3.63, 3.8) is 0 Å². The number of hydrogen-bond donors (Lipinski definition) is 0. The van der Waals surface area contributed by atoms with Crippen molar-refractivity contribution in [3.05, 3.63) is 276 Å². The van der Waals surface area contributed by atoms with Crippen molar-refractivity contribution in [2.75, 3.05) is 19.6 Å². The van der Waals surface area contributed by atoms with Crippen molar-refractivity contribution in [1.82, 2.24) is 0 Å². The summed E-state index contributed by atoms with van der Waals surface area (Å²) in [6.45, 7) is 14.1. The van der Waals surface area contributed by atoms with Gasteiger partial charge >= 0.3 is 0 Å². The fourth-order valence-corrected chi connectivity index (χ4v) is 11.1. The summed E-state index contributed by atoms with van der Waals surface area (Å²) in [5.41, 5.74) is 20.6. The number of benzene rings is 11. The van der Waals surface area contributed by atoms with Crippen molar-refractivity contribution >= 4 is 89.8 Å². The summed E-state index contributed by atoms with van der Waals surface area (Å²) in [5.74, 6) is 0. The number of hydrogen-bond acceptors (Lipinski definition) is 4. The van der Waals surface area contributed by atoms with Crippen LogP contribution in [0.4, 0.5) is 68.2 Å². The lowest BCUT2D eigenvalue weighted by Gasteiger charge is -2.38. The Morgan fingerprint density at radius 1 is 0.167 bits per heavy atom. The Hall–Kier alpha value is -8.86. The highest BCUT2D eigenvalue weighted by molar-refractivity contribution is 6.28. The molecule has 11 aromatic rings. The normalized spacial score (nSPS) is 11.2. The minimum absolute atomic E-state index is 1.08. The van der Waals surface area contributed by atoms with Gasteiger partial charge < -0.3 is 19.6 Å². The van der Waals surface area contributed by atoms with Crippen molar-refractivity contribution in [2.45, 2.75) is 41.5 Å². The van der Waals surface area contributed by atoms with Gasteiger partial charge in [0.05, 0.1) is 22.7 Å². The molecule has 0 saturated heterocycles. The first-order chi connectivity index (χ1) is 35.3. The zero-order valence-corrected chi connectivity index (χ0v) is 41.9. The highest BCUT2D eigenvalue weighted by atomic mass is 15.2. The summed E-state index contributed by atoms with van der Waals surface area (Å²) in [7, 11) is 0.